The Morgan fingerprint density at radius 2 is 1.68 bits per heavy atom. The van der Waals surface area contributed by atoms with E-state index < -0.39 is 0 Å². The lowest BCUT2D eigenvalue weighted by molar-refractivity contribution is -0.160. The van der Waals surface area contributed by atoms with Gasteiger partial charge >= 0.3 is 0 Å². The normalized spacial score (nSPS) is 25.8. The number of amides is 2. The van der Waals surface area contributed by atoms with Gasteiger partial charge in [-0.2, -0.15) is 0 Å². The highest BCUT2D eigenvalue weighted by molar-refractivity contribution is 5.88. The summed E-state index contributed by atoms with van der Waals surface area (Å²) in [6, 6.07) is 9.83. The van der Waals surface area contributed by atoms with Gasteiger partial charge in [-0.05, 0) is 99.5 Å². The number of ether oxygens (including phenoxy) is 1. The molecule has 4 aliphatic carbocycles. The molecule has 0 spiro atoms. The van der Waals surface area contributed by atoms with Crippen molar-refractivity contribution in [3.05, 3.63) is 59.8 Å². The molecule has 1 heterocycles. The number of benzene rings is 1. The molecule has 0 N–H and O–H groups in total. The molecule has 0 unspecified atom stereocenters. The molecule has 1 aromatic heterocycles. The van der Waals surface area contributed by atoms with E-state index in [2.05, 4.69) is 0 Å². The zero-order chi connectivity index (χ0) is 25.8. The van der Waals surface area contributed by atoms with Gasteiger partial charge in [0, 0.05) is 26.3 Å². The number of carbonyl (C=O) groups is 2. The summed E-state index contributed by atoms with van der Waals surface area (Å²) in [4.78, 5) is 31.5. The Labute approximate surface area is 219 Å². The molecule has 6 nitrogen and oxygen atoms in total. The average Bonchev–Trinajstić information content (AvgIpc) is 3.39. The average molecular weight is 511 g/mol. The fourth-order valence-corrected chi connectivity index (χ4v) is 7.36. The molecule has 0 atom stereocenters. The van der Waals surface area contributed by atoms with Crippen molar-refractivity contribution >= 4 is 11.8 Å². The Morgan fingerprint density at radius 3 is 2.27 bits per heavy atom. The third-order valence-electron chi connectivity index (χ3n) is 8.59. The first kappa shape index (κ1) is 26.0. The molecular formula is C30H39FN2O4. The first-order valence-corrected chi connectivity index (χ1v) is 13.9. The standard InChI is InChI=1S/C30H39FN2O4/c1-2-36-11-4-10-32(29(35)30-16-23-13-24(17-30)15-25(14-23)18-30)21-28(34)33(20-27-5-3-12-37-27)19-22-6-8-26(31)9-7-22/h3,5-9,12,23-25H,2,4,10-11,13-21H2,1H3. The Balaban J connectivity index is 1.33. The van der Waals surface area contributed by atoms with Gasteiger partial charge in [-0.3, -0.25) is 9.59 Å². The van der Waals surface area contributed by atoms with Crippen molar-refractivity contribution in [1.82, 2.24) is 9.80 Å². The molecule has 0 saturated heterocycles. The molecule has 7 heteroatoms. The second kappa shape index (κ2) is 11.4. The van der Waals surface area contributed by atoms with Crippen LogP contribution in [0.5, 0.6) is 0 Å². The molecule has 2 amide bonds. The minimum absolute atomic E-state index is 0.0363. The maximum absolute atomic E-state index is 14.2. The number of hydrogen-bond acceptors (Lipinski definition) is 4. The van der Waals surface area contributed by atoms with E-state index in [1.807, 2.05) is 17.9 Å². The highest BCUT2D eigenvalue weighted by Crippen LogP contribution is 2.60. The number of carbonyl (C=O) groups excluding carboxylic acids is 2. The van der Waals surface area contributed by atoms with Gasteiger partial charge in [0.05, 0.1) is 24.8 Å². The molecule has 4 fully saturated rings. The van der Waals surface area contributed by atoms with Gasteiger partial charge < -0.3 is 19.0 Å². The molecular weight excluding hydrogens is 471 g/mol. The highest BCUT2D eigenvalue weighted by Gasteiger charge is 2.55. The van der Waals surface area contributed by atoms with Crippen LogP contribution in [0.25, 0.3) is 0 Å². The van der Waals surface area contributed by atoms with Crippen molar-refractivity contribution in [3.63, 3.8) is 0 Å². The van der Waals surface area contributed by atoms with Crippen LogP contribution in [-0.4, -0.2) is 47.9 Å². The molecule has 37 heavy (non-hydrogen) atoms. The highest BCUT2D eigenvalue weighted by atomic mass is 19.1. The topological polar surface area (TPSA) is 63.0 Å². The van der Waals surface area contributed by atoms with E-state index in [-0.39, 0.29) is 29.6 Å². The van der Waals surface area contributed by atoms with Crippen molar-refractivity contribution in [2.75, 3.05) is 26.3 Å². The van der Waals surface area contributed by atoms with E-state index in [1.54, 1.807) is 29.4 Å². The Hall–Kier alpha value is -2.67. The summed E-state index contributed by atoms with van der Waals surface area (Å²) >= 11 is 0. The minimum Gasteiger partial charge on any atom is -0.467 e. The van der Waals surface area contributed by atoms with E-state index in [1.165, 1.54) is 31.4 Å². The van der Waals surface area contributed by atoms with Gasteiger partial charge in [-0.1, -0.05) is 12.1 Å². The van der Waals surface area contributed by atoms with Gasteiger partial charge in [0.15, 0.2) is 0 Å². The van der Waals surface area contributed by atoms with Crippen LogP contribution in [0.4, 0.5) is 4.39 Å². The lowest BCUT2D eigenvalue weighted by Gasteiger charge is -2.56. The number of nitrogens with zero attached hydrogens (tertiary/aromatic N) is 2. The van der Waals surface area contributed by atoms with Crippen LogP contribution in [0.15, 0.2) is 47.1 Å². The lowest BCUT2D eigenvalue weighted by atomic mass is 9.49. The van der Waals surface area contributed by atoms with Crippen LogP contribution in [0.1, 0.15) is 63.2 Å². The Bertz CT molecular complexity index is 1020. The van der Waals surface area contributed by atoms with E-state index in [0.717, 1.165) is 24.8 Å². The third kappa shape index (κ3) is 6.08. The zero-order valence-corrected chi connectivity index (χ0v) is 21.9. The van der Waals surface area contributed by atoms with E-state index in [9.17, 15) is 14.0 Å². The lowest BCUT2D eigenvalue weighted by Crippen LogP contribution is -2.56. The quantitative estimate of drug-likeness (QED) is 0.358. The predicted octanol–water partition coefficient (Wildman–Crippen LogP) is 5.42. The molecule has 0 radical (unpaired) electrons. The number of halogens is 1. The first-order chi connectivity index (χ1) is 17.9. The summed E-state index contributed by atoms with van der Waals surface area (Å²) < 4.78 is 24.6. The van der Waals surface area contributed by atoms with Gasteiger partial charge in [0.2, 0.25) is 11.8 Å². The maximum Gasteiger partial charge on any atom is 0.242 e. The van der Waals surface area contributed by atoms with E-state index in [4.69, 9.17) is 9.15 Å². The Kier molecular flexibility index (Phi) is 7.98. The molecule has 0 aliphatic heterocycles. The van der Waals surface area contributed by atoms with Gasteiger partial charge in [-0.25, -0.2) is 4.39 Å². The van der Waals surface area contributed by atoms with Crippen LogP contribution in [-0.2, 0) is 27.4 Å². The van der Waals surface area contributed by atoms with Gasteiger partial charge in [-0.15, -0.1) is 0 Å². The second-order valence-electron chi connectivity index (χ2n) is 11.4. The summed E-state index contributed by atoms with van der Waals surface area (Å²) in [6.45, 7) is 4.33. The van der Waals surface area contributed by atoms with Crippen LogP contribution >= 0.6 is 0 Å². The molecule has 1 aromatic carbocycles. The van der Waals surface area contributed by atoms with Crippen LogP contribution in [0, 0.1) is 29.0 Å². The minimum atomic E-state index is -0.311. The summed E-state index contributed by atoms with van der Waals surface area (Å²) in [5.74, 6) is 2.37. The van der Waals surface area contributed by atoms with Crippen molar-refractivity contribution in [2.24, 2.45) is 23.2 Å². The van der Waals surface area contributed by atoms with E-state index in [0.29, 0.717) is 62.8 Å². The predicted molar refractivity (Wildman–Crippen MR) is 138 cm³/mol. The monoisotopic (exact) mass is 510 g/mol. The zero-order valence-electron chi connectivity index (χ0n) is 21.9. The molecule has 6 rings (SSSR count). The second-order valence-corrected chi connectivity index (χ2v) is 11.4. The molecule has 2 aromatic rings. The van der Waals surface area contributed by atoms with Crippen molar-refractivity contribution in [3.8, 4) is 0 Å². The third-order valence-corrected chi connectivity index (χ3v) is 8.59. The summed E-state index contributed by atoms with van der Waals surface area (Å²) in [5, 5.41) is 0. The number of furan rings is 1. The largest absolute Gasteiger partial charge is 0.467 e. The van der Waals surface area contributed by atoms with Crippen molar-refractivity contribution < 1.29 is 23.1 Å². The molecule has 4 aliphatic rings. The fourth-order valence-electron chi connectivity index (χ4n) is 7.36. The van der Waals surface area contributed by atoms with Crippen LogP contribution < -0.4 is 0 Å². The Morgan fingerprint density at radius 1 is 1.00 bits per heavy atom. The molecule has 4 saturated carbocycles. The number of rotatable bonds is 12. The summed E-state index contributed by atoms with van der Waals surface area (Å²) in [7, 11) is 0. The fraction of sp³-hybridized carbons (Fsp3) is 0.600. The summed E-state index contributed by atoms with van der Waals surface area (Å²) in [6.07, 6.45) is 9.01. The van der Waals surface area contributed by atoms with Crippen LogP contribution in [0.3, 0.4) is 0 Å². The number of hydrogen-bond donors (Lipinski definition) is 0. The smallest absolute Gasteiger partial charge is 0.242 e. The van der Waals surface area contributed by atoms with Crippen LogP contribution in [0.2, 0.25) is 0 Å². The van der Waals surface area contributed by atoms with Gasteiger partial charge in [0.25, 0.3) is 0 Å². The molecule has 200 valence electrons. The summed E-state index contributed by atoms with van der Waals surface area (Å²) in [5.41, 5.74) is 0.528. The molecule has 4 bridgehead atoms. The SMILES string of the molecule is CCOCCCN(CC(=O)N(Cc1ccc(F)cc1)Cc1ccco1)C(=O)C12CC3CC(CC(C3)C1)C2. The van der Waals surface area contributed by atoms with Crippen molar-refractivity contribution in [2.45, 2.75) is 65.0 Å². The van der Waals surface area contributed by atoms with E-state index >= 15 is 0 Å². The van der Waals surface area contributed by atoms with Gasteiger partial charge in [0.1, 0.15) is 11.6 Å². The van der Waals surface area contributed by atoms with Crippen molar-refractivity contribution in [1.29, 1.82) is 0 Å². The maximum atomic E-state index is 14.2. The first-order valence-electron chi connectivity index (χ1n) is 13.9.